The van der Waals surface area contributed by atoms with Gasteiger partial charge in [0.2, 0.25) is 0 Å². The zero-order valence-electron chi connectivity index (χ0n) is 9.73. The van der Waals surface area contributed by atoms with Crippen molar-refractivity contribution in [3.8, 4) is 0 Å². The van der Waals surface area contributed by atoms with Gasteiger partial charge in [-0.15, -0.1) is 0 Å². The first-order chi connectivity index (χ1) is 9.13. The molecule has 1 aromatic carbocycles. The average Bonchev–Trinajstić information content (AvgIpc) is 2.42. The number of pyridine rings is 1. The Hall–Kier alpha value is -2.34. The van der Waals surface area contributed by atoms with Gasteiger partial charge >= 0.3 is 0 Å². The van der Waals surface area contributed by atoms with Crippen molar-refractivity contribution in [1.29, 1.82) is 0 Å². The number of hydrogen-bond acceptors (Lipinski definition) is 3. The summed E-state index contributed by atoms with van der Waals surface area (Å²) in [4.78, 5) is 15.6. The fourth-order valence-corrected chi connectivity index (χ4v) is 1.54. The standard InChI is InChI=1S/C13H10F2N2O2/c14-10-3-1-2-9(12(10)15)13(19)17-11-6-16-5-4-8(11)7-18/h1-6,18H,7H2,(H,17,19). The van der Waals surface area contributed by atoms with Gasteiger partial charge in [-0.05, 0) is 18.2 Å². The molecule has 1 heterocycles. The molecule has 0 radical (unpaired) electrons. The Bertz CT molecular complexity index is 617. The van der Waals surface area contributed by atoms with Crippen molar-refractivity contribution in [3.05, 3.63) is 59.4 Å². The van der Waals surface area contributed by atoms with Crippen LogP contribution in [0.3, 0.4) is 0 Å². The van der Waals surface area contributed by atoms with Gasteiger partial charge in [-0.2, -0.15) is 0 Å². The van der Waals surface area contributed by atoms with Crippen LogP contribution in [0, 0.1) is 11.6 Å². The molecule has 0 aliphatic rings. The van der Waals surface area contributed by atoms with Crippen LogP contribution < -0.4 is 5.32 Å². The van der Waals surface area contributed by atoms with Gasteiger partial charge in [-0.25, -0.2) is 8.78 Å². The molecule has 0 aliphatic carbocycles. The zero-order valence-corrected chi connectivity index (χ0v) is 9.73. The first kappa shape index (κ1) is 13.1. The monoisotopic (exact) mass is 264 g/mol. The van der Waals surface area contributed by atoms with Crippen LogP contribution in [0.1, 0.15) is 15.9 Å². The third-order valence-corrected chi connectivity index (χ3v) is 2.53. The number of nitrogens with one attached hydrogen (secondary N) is 1. The second-order valence-corrected chi connectivity index (χ2v) is 3.75. The molecule has 0 saturated carbocycles. The first-order valence-corrected chi connectivity index (χ1v) is 5.42. The number of amides is 1. The number of halogens is 2. The molecule has 0 saturated heterocycles. The summed E-state index contributed by atoms with van der Waals surface area (Å²) in [7, 11) is 0. The molecule has 0 unspecified atom stereocenters. The van der Waals surface area contributed by atoms with E-state index in [0.29, 0.717) is 5.56 Å². The van der Waals surface area contributed by atoms with E-state index < -0.39 is 23.1 Å². The number of benzene rings is 1. The van der Waals surface area contributed by atoms with Crippen molar-refractivity contribution in [2.45, 2.75) is 6.61 Å². The highest BCUT2D eigenvalue weighted by Gasteiger charge is 2.16. The molecule has 98 valence electrons. The summed E-state index contributed by atoms with van der Waals surface area (Å²) < 4.78 is 26.5. The Kier molecular flexibility index (Phi) is 3.82. The Morgan fingerprint density at radius 1 is 1.32 bits per heavy atom. The molecule has 1 amide bonds. The summed E-state index contributed by atoms with van der Waals surface area (Å²) in [6, 6.07) is 4.85. The van der Waals surface area contributed by atoms with Crippen LogP contribution in [0.4, 0.5) is 14.5 Å². The van der Waals surface area contributed by atoms with E-state index in [4.69, 9.17) is 5.11 Å². The molecular formula is C13H10F2N2O2. The van der Waals surface area contributed by atoms with Gasteiger partial charge in [-0.3, -0.25) is 9.78 Å². The predicted octanol–water partition coefficient (Wildman–Crippen LogP) is 2.10. The lowest BCUT2D eigenvalue weighted by atomic mass is 10.1. The van der Waals surface area contributed by atoms with Gasteiger partial charge in [0.05, 0.1) is 24.1 Å². The molecule has 2 aromatic rings. The minimum absolute atomic E-state index is 0.249. The Morgan fingerprint density at radius 3 is 2.84 bits per heavy atom. The first-order valence-electron chi connectivity index (χ1n) is 5.42. The van der Waals surface area contributed by atoms with E-state index in [9.17, 15) is 13.6 Å². The number of aromatic nitrogens is 1. The van der Waals surface area contributed by atoms with Gasteiger partial charge in [0.15, 0.2) is 11.6 Å². The number of nitrogens with zero attached hydrogens (tertiary/aromatic N) is 1. The number of anilines is 1. The third kappa shape index (κ3) is 2.74. The molecule has 1 aromatic heterocycles. The number of carbonyl (C=O) groups excluding carboxylic acids is 1. The molecule has 0 fully saturated rings. The lowest BCUT2D eigenvalue weighted by Gasteiger charge is -2.09. The van der Waals surface area contributed by atoms with Crippen LogP contribution in [-0.4, -0.2) is 16.0 Å². The maximum absolute atomic E-state index is 13.4. The smallest absolute Gasteiger partial charge is 0.258 e. The van der Waals surface area contributed by atoms with Crippen LogP contribution in [0.15, 0.2) is 36.7 Å². The van der Waals surface area contributed by atoms with Crippen molar-refractivity contribution >= 4 is 11.6 Å². The number of rotatable bonds is 3. The van der Waals surface area contributed by atoms with Gasteiger partial charge in [0.25, 0.3) is 5.91 Å². The normalized spacial score (nSPS) is 10.3. The van der Waals surface area contributed by atoms with E-state index >= 15 is 0 Å². The Labute approximate surface area is 107 Å². The predicted molar refractivity (Wildman–Crippen MR) is 64.5 cm³/mol. The zero-order chi connectivity index (χ0) is 13.8. The molecule has 4 nitrogen and oxygen atoms in total. The number of aliphatic hydroxyl groups is 1. The highest BCUT2D eigenvalue weighted by atomic mass is 19.2. The summed E-state index contributed by atoms with van der Waals surface area (Å²) >= 11 is 0. The third-order valence-electron chi connectivity index (χ3n) is 2.53. The molecule has 0 spiro atoms. The van der Waals surface area contributed by atoms with Crippen LogP contribution in [-0.2, 0) is 6.61 Å². The number of hydrogen-bond donors (Lipinski definition) is 2. The minimum Gasteiger partial charge on any atom is -0.392 e. The molecule has 2 N–H and O–H groups in total. The van der Waals surface area contributed by atoms with Crippen molar-refractivity contribution in [2.75, 3.05) is 5.32 Å². The van der Waals surface area contributed by atoms with Gasteiger partial charge in [0, 0.05) is 11.8 Å². The van der Waals surface area contributed by atoms with Crippen molar-refractivity contribution in [2.24, 2.45) is 0 Å². The highest BCUT2D eigenvalue weighted by Crippen LogP contribution is 2.17. The maximum atomic E-state index is 13.4. The second-order valence-electron chi connectivity index (χ2n) is 3.75. The van der Waals surface area contributed by atoms with Crippen molar-refractivity contribution in [3.63, 3.8) is 0 Å². The van der Waals surface area contributed by atoms with E-state index in [1.165, 1.54) is 30.6 Å². The van der Waals surface area contributed by atoms with Crippen LogP contribution in [0.2, 0.25) is 0 Å². The molecule has 0 aliphatic heterocycles. The van der Waals surface area contributed by atoms with Crippen LogP contribution in [0.25, 0.3) is 0 Å². The van der Waals surface area contributed by atoms with Gasteiger partial charge in [0.1, 0.15) is 0 Å². The molecule has 6 heteroatoms. The SMILES string of the molecule is O=C(Nc1cnccc1CO)c1cccc(F)c1F. The summed E-state index contributed by atoms with van der Waals surface area (Å²) in [5.41, 5.74) is 0.270. The van der Waals surface area contributed by atoms with E-state index in [1.807, 2.05) is 0 Å². The van der Waals surface area contributed by atoms with E-state index in [2.05, 4.69) is 10.3 Å². The Morgan fingerprint density at radius 2 is 2.11 bits per heavy atom. The summed E-state index contributed by atoms with van der Waals surface area (Å²) in [6.07, 6.45) is 2.77. The molecule has 19 heavy (non-hydrogen) atoms. The molecule has 0 bridgehead atoms. The summed E-state index contributed by atoms with van der Waals surface area (Å²) in [5.74, 6) is -3.12. The van der Waals surface area contributed by atoms with E-state index in [-0.39, 0.29) is 12.3 Å². The minimum atomic E-state index is -1.21. The number of aliphatic hydroxyl groups excluding tert-OH is 1. The fourth-order valence-electron chi connectivity index (χ4n) is 1.54. The Balaban J connectivity index is 2.28. The van der Waals surface area contributed by atoms with Crippen LogP contribution >= 0.6 is 0 Å². The van der Waals surface area contributed by atoms with Gasteiger partial charge in [-0.1, -0.05) is 6.07 Å². The van der Waals surface area contributed by atoms with E-state index in [0.717, 1.165) is 6.07 Å². The van der Waals surface area contributed by atoms with Crippen molar-refractivity contribution in [1.82, 2.24) is 4.98 Å². The van der Waals surface area contributed by atoms with Crippen LogP contribution in [0.5, 0.6) is 0 Å². The second kappa shape index (κ2) is 5.53. The van der Waals surface area contributed by atoms with Crippen molar-refractivity contribution < 1.29 is 18.7 Å². The maximum Gasteiger partial charge on any atom is 0.258 e. The summed E-state index contributed by atoms with van der Waals surface area (Å²) in [5, 5.41) is 11.5. The highest BCUT2D eigenvalue weighted by molar-refractivity contribution is 6.04. The quantitative estimate of drug-likeness (QED) is 0.892. The number of carbonyl (C=O) groups is 1. The summed E-state index contributed by atoms with van der Waals surface area (Å²) in [6.45, 7) is -0.302. The largest absolute Gasteiger partial charge is 0.392 e. The molecule has 0 atom stereocenters. The average molecular weight is 264 g/mol. The molecule has 2 rings (SSSR count). The lowest BCUT2D eigenvalue weighted by molar-refractivity contribution is 0.102. The topological polar surface area (TPSA) is 62.2 Å². The van der Waals surface area contributed by atoms with Gasteiger partial charge < -0.3 is 10.4 Å². The lowest BCUT2D eigenvalue weighted by Crippen LogP contribution is -2.15. The van der Waals surface area contributed by atoms with E-state index in [1.54, 1.807) is 0 Å². The molecular weight excluding hydrogens is 254 g/mol. The fraction of sp³-hybridized carbons (Fsp3) is 0.0769.